The first-order valence-electron chi connectivity index (χ1n) is 10.7. The zero-order chi connectivity index (χ0) is 19.9. The summed E-state index contributed by atoms with van der Waals surface area (Å²) in [5, 5.41) is 3.30. The van der Waals surface area contributed by atoms with E-state index in [0.717, 1.165) is 49.1 Å². The van der Waals surface area contributed by atoms with Crippen molar-refractivity contribution >= 4 is 17.5 Å². The van der Waals surface area contributed by atoms with E-state index in [0.29, 0.717) is 12.6 Å². The zero-order valence-corrected chi connectivity index (χ0v) is 17.3. The normalized spacial score (nSPS) is 16.9. The number of rotatable bonds is 9. The Labute approximate surface area is 173 Å². The fourth-order valence-electron chi connectivity index (χ4n) is 4.00. The number of methoxy groups -OCH3 is 1. The SMILES string of the molecule is COc1ccc(Nc2nccc(N3CCCC3)n2)cc1OCCCN1CCCC1. The van der Waals surface area contributed by atoms with Crippen LogP contribution < -0.4 is 19.7 Å². The topological polar surface area (TPSA) is 62.8 Å². The van der Waals surface area contributed by atoms with Gasteiger partial charge in [-0.25, -0.2) is 4.98 Å². The van der Waals surface area contributed by atoms with Crippen molar-refractivity contribution < 1.29 is 9.47 Å². The molecule has 0 saturated carbocycles. The summed E-state index contributed by atoms with van der Waals surface area (Å²) in [5.74, 6) is 3.06. The Morgan fingerprint density at radius 2 is 1.79 bits per heavy atom. The molecule has 0 radical (unpaired) electrons. The number of hydrogen-bond donors (Lipinski definition) is 1. The van der Waals surface area contributed by atoms with E-state index >= 15 is 0 Å². The largest absolute Gasteiger partial charge is 0.493 e. The third-order valence-electron chi connectivity index (χ3n) is 5.57. The second kappa shape index (κ2) is 9.78. The number of hydrogen-bond acceptors (Lipinski definition) is 7. The molecule has 2 aliphatic heterocycles. The van der Waals surface area contributed by atoms with Gasteiger partial charge in [-0.15, -0.1) is 0 Å². The Hall–Kier alpha value is -2.54. The molecule has 29 heavy (non-hydrogen) atoms. The summed E-state index contributed by atoms with van der Waals surface area (Å²) in [5.41, 5.74) is 0.888. The van der Waals surface area contributed by atoms with Crippen LogP contribution in [-0.2, 0) is 0 Å². The Morgan fingerprint density at radius 3 is 2.59 bits per heavy atom. The van der Waals surface area contributed by atoms with E-state index in [1.54, 1.807) is 7.11 Å². The number of aromatic nitrogens is 2. The van der Waals surface area contributed by atoms with Crippen LogP contribution in [0.2, 0.25) is 0 Å². The number of nitrogens with one attached hydrogen (secondary N) is 1. The summed E-state index contributed by atoms with van der Waals surface area (Å²) in [6, 6.07) is 7.81. The highest BCUT2D eigenvalue weighted by molar-refractivity contribution is 5.60. The average molecular weight is 398 g/mol. The van der Waals surface area contributed by atoms with E-state index < -0.39 is 0 Å². The first kappa shape index (κ1) is 19.8. The molecular formula is C22H31N5O2. The second-order valence-electron chi connectivity index (χ2n) is 7.67. The molecule has 0 atom stereocenters. The number of likely N-dealkylation sites (tertiary alicyclic amines) is 1. The van der Waals surface area contributed by atoms with Crippen LogP contribution in [0.5, 0.6) is 11.5 Å². The summed E-state index contributed by atoms with van der Waals surface area (Å²) in [6.07, 6.45) is 7.92. The minimum absolute atomic E-state index is 0.597. The van der Waals surface area contributed by atoms with E-state index in [-0.39, 0.29) is 0 Å². The van der Waals surface area contributed by atoms with Crippen LogP contribution in [0.15, 0.2) is 30.5 Å². The van der Waals surface area contributed by atoms with Gasteiger partial charge >= 0.3 is 0 Å². The smallest absolute Gasteiger partial charge is 0.229 e. The lowest BCUT2D eigenvalue weighted by molar-refractivity contribution is 0.254. The lowest BCUT2D eigenvalue weighted by atomic mass is 10.2. The van der Waals surface area contributed by atoms with Crippen LogP contribution in [-0.4, -0.2) is 61.3 Å². The van der Waals surface area contributed by atoms with Gasteiger partial charge in [0.1, 0.15) is 5.82 Å². The van der Waals surface area contributed by atoms with Crippen molar-refractivity contribution in [3.8, 4) is 11.5 Å². The van der Waals surface area contributed by atoms with Crippen molar-refractivity contribution in [3.63, 3.8) is 0 Å². The molecule has 2 aromatic rings. The lowest BCUT2D eigenvalue weighted by Crippen LogP contribution is -2.21. The van der Waals surface area contributed by atoms with Crippen molar-refractivity contribution in [2.24, 2.45) is 0 Å². The van der Waals surface area contributed by atoms with Gasteiger partial charge in [0, 0.05) is 37.6 Å². The second-order valence-corrected chi connectivity index (χ2v) is 7.67. The van der Waals surface area contributed by atoms with Crippen LogP contribution in [0.4, 0.5) is 17.5 Å². The first-order valence-corrected chi connectivity index (χ1v) is 10.7. The number of ether oxygens (including phenoxy) is 2. The average Bonchev–Trinajstić information content (AvgIpc) is 3.46. The van der Waals surface area contributed by atoms with Crippen LogP contribution in [0, 0.1) is 0 Å². The predicted octanol–water partition coefficient (Wildman–Crippen LogP) is 3.69. The molecule has 156 valence electrons. The standard InChI is InChI=1S/C22H31N5O2/c1-28-19-8-7-18(17-20(19)29-16-6-13-26-11-2-3-12-26)24-22-23-10-9-21(25-22)27-14-4-5-15-27/h7-10,17H,2-6,11-16H2,1H3,(H,23,24,25). The quantitative estimate of drug-likeness (QED) is 0.648. The Balaban J connectivity index is 1.37. The third kappa shape index (κ3) is 5.29. The van der Waals surface area contributed by atoms with Gasteiger partial charge in [0.2, 0.25) is 5.95 Å². The molecule has 0 spiro atoms. The molecule has 0 amide bonds. The molecule has 2 fully saturated rings. The van der Waals surface area contributed by atoms with E-state index in [9.17, 15) is 0 Å². The van der Waals surface area contributed by atoms with Crippen LogP contribution in [0.1, 0.15) is 32.1 Å². The molecule has 3 heterocycles. The molecule has 0 bridgehead atoms. The molecular weight excluding hydrogens is 366 g/mol. The van der Waals surface area contributed by atoms with Gasteiger partial charge in [0.25, 0.3) is 0 Å². The van der Waals surface area contributed by atoms with Gasteiger partial charge in [-0.1, -0.05) is 0 Å². The van der Waals surface area contributed by atoms with E-state index in [1.807, 2.05) is 30.5 Å². The maximum Gasteiger partial charge on any atom is 0.229 e. The summed E-state index contributed by atoms with van der Waals surface area (Å²) in [4.78, 5) is 13.8. The Kier molecular flexibility index (Phi) is 6.67. The highest BCUT2D eigenvalue weighted by Crippen LogP contribution is 2.31. The van der Waals surface area contributed by atoms with Crippen molar-refractivity contribution in [2.45, 2.75) is 32.1 Å². The van der Waals surface area contributed by atoms with Gasteiger partial charge in [-0.2, -0.15) is 4.98 Å². The summed E-state index contributed by atoms with van der Waals surface area (Å²) in [7, 11) is 1.67. The first-order chi connectivity index (χ1) is 14.3. The van der Waals surface area contributed by atoms with Crippen LogP contribution in [0.3, 0.4) is 0 Å². The Bertz CT molecular complexity index is 789. The fourth-order valence-corrected chi connectivity index (χ4v) is 4.00. The summed E-state index contributed by atoms with van der Waals surface area (Å²) < 4.78 is 11.5. The minimum Gasteiger partial charge on any atom is -0.493 e. The maximum atomic E-state index is 6.03. The van der Waals surface area contributed by atoms with Gasteiger partial charge in [-0.05, 0) is 63.4 Å². The maximum absolute atomic E-state index is 6.03. The molecule has 0 unspecified atom stereocenters. The van der Waals surface area contributed by atoms with Gasteiger partial charge in [-0.3, -0.25) is 0 Å². The van der Waals surface area contributed by atoms with Crippen LogP contribution in [0.25, 0.3) is 0 Å². The van der Waals surface area contributed by atoms with Crippen molar-refractivity contribution in [1.29, 1.82) is 0 Å². The molecule has 2 aliphatic rings. The van der Waals surface area contributed by atoms with Crippen molar-refractivity contribution in [2.75, 3.05) is 56.7 Å². The molecule has 1 aromatic carbocycles. The summed E-state index contributed by atoms with van der Waals surface area (Å²) >= 11 is 0. The van der Waals surface area contributed by atoms with E-state index in [2.05, 4.69) is 25.1 Å². The van der Waals surface area contributed by atoms with Gasteiger partial charge < -0.3 is 24.6 Å². The molecule has 7 nitrogen and oxygen atoms in total. The lowest BCUT2D eigenvalue weighted by Gasteiger charge is -2.17. The number of anilines is 3. The zero-order valence-electron chi connectivity index (χ0n) is 17.3. The third-order valence-corrected chi connectivity index (χ3v) is 5.57. The molecule has 1 aromatic heterocycles. The molecule has 2 saturated heterocycles. The monoisotopic (exact) mass is 397 g/mol. The van der Waals surface area contributed by atoms with Gasteiger partial charge in [0.15, 0.2) is 11.5 Å². The van der Waals surface area contributed by atoms with E-state index in [1.165, 1.54) is 38.8 Å². The van der Waals surface area contributed by atoms with Gasteiger partial charge in [0.05, 0.1) is 13.7 Å². The summed E-state index contributed by atoms with van der Waals surface area (Å²) in [6.45, 7) is 6.34. The molecule has 4 rings (SSSR count). The highest BCUT2D eigenvalue weighted by Gasteiger charge is 2.15. The van der Waals surface area contributed by atoms with E-state index in [4.69, 9.17) is 9.47 Å². The predicted molar refractivity (Wildman–Crippen MR) is 116 cm³/mol. The Morgan fingerprint density at radius 1 is 1.00 bits per heavy atom. The molecule has 7 heteroatoms. The highest BCUT2D eigenvalue weighted by atomic mass is 16.5. The van der Waals surface area contributed by atoms with Crippen LogP contribution >= 0.6 is 0 Å². The molecule has 0 aliphatic carbocycles. The van der Waals surface area contributed by atoms with Crippen molar-refractivity contribution in [3.05, 3.63) is 30.5 Å². The molecule has 1 N–H and O–H groups in total. The number of nitrogens with zero attached hydrogens (tertiary/aromatic N) is 4. The fraction of sp³-hybridized carbons (Fsp3) is 0.545. The van der Waals surface area contributed by atoms with Crippen molar-refractivity contribution in [1.82, 2.24) is 14.9 Å². The minimum atomic E-state index is 0.597. The number of benzene rings is 1.